The molecule has 0 unspecified atom stereocenters. The van der Waals surface area contributed by atoms with Gasteiger partial charge in [-0.15, -0.1) is 0 Å². The highest BCUT2D eigenvalue weighted by molar-refractivity contribution is 5.99. The number of hydrogen-bond donors (Lipinski definition) is 13. The molecule has 22 nitrogen and oxygen atoms in total. The molecule has 2 aromatic carbocycles. The second kappa shape index (κ2) is 22.3. The molecule has 22 heteroatoms. The van der Waals surface area contributed by atoms with Gasteiger partial charge in [-0.2, -0.15) is 0 Å². The molecule has 62 heavy (non-hydrogen) atoms. The number of rotatable bonds is 25. The normalized spacial score (nSPS) is 14.0. The number of amides is 5. The number of nitrogens with one attached hydrogen (secondary N) is 7. The molecular formula is C40H49N9O13. The minimum Gasteiger partial charge on any atom is -0.481 e. The van der Waals surface area contributed by atoms with Crippen molar-refractivity contribution in [1.82, 2.24) is 36.6 Å². The molecule has 0 aliphatic rings. The third kappa shape index (κ3) is 13.6. The lowest BCUT2D eigenvalue weighted by Crippen LogP contribution is -2.60. The van der Waals surface area contributed by atoms with E-state index in [4.69, 9.17) is 16.6 Å². The Morgan fingerprint density at radius 2 is 0.919 bits per heavy atom. The monoisotopic (exact) mass is 863 g/mol. The number of aromatic nitrogens is 2. The lowest BCUT2D eigenvalue weighted by atomic mass is 10.0. The van der Waals surface area contributed by atoms with E-state index < -0.39 is 109 Å². The summed E-state index contributed by atoms with van der Waals surface area (Å²) in [5.41, 5.74) is 13.8. The van der Waals surface area contributed by atoms with Gasteiger partial charge < -0.3 is 68.4 Å². The number of benzene rings is 2. The van der Waals surface area contributed by atoms with Crippen molar-refractivity contribution in [3.05, 3.63) is 72.1 Å². The number of nitrogens with two attached hydrogens (primary N) is 2. The molecular weight excluding hydrogens is 814 g/mol. The van der Waals surface area contributed by atoms with Crippen LogP contribution >= 0.6 is 0 Å². The van der Waals surface area contributed by atoms with E-state index in [2.05, 4.69) is 36.6 Å². The zero-order chi connectivity index (χ0) is 45.5. The van der Waals surface area contributed by atoms with Crippen LogP contribution in [0, 0.1) is 0 Å². The summed E-state index contributed by atoms with van der Waals surface area (Å²) in [5.74, 6) is -11.5. The third-order valence-corrected chi connectivity index (χ3v) is 9.78. The summed E-state index contributed by atoms with van der Waals surface area (Å²) in [7, 11) is 0. The van der Waals surface area contributed by atoms with Gasteiger partial charge in [0.05, 0.1) is 25.3 Å². The van der Waals surface area contributed by atoms with Gasteiger partial charge in [0.1, 0.15) is 30.2 Å². The van der Waals surface area contributed by atoms with E-state index in [0.29, 0.717) is 39.4 Å². The average molecular weight is 864 g/mol. The van der Waals surface area contributed by atoms with Crippen LogP contribution in [0.5, 0.6) is 0 Å². The van der Waals surface area contributed by atoms with Crippen molar-refractivity contribution in [3.63, 3.8) is 0 Å². The number of aromatic amines is 2. The Hall–Kier alpha value is -7.33. The van der Waals surface area contributed by atoms with Crippen LogP contribution in [-0.2, 0) is 56.0 Å². The van der Waals surface area contributed by atoms with E-state index in [9.17, 15) is 58.5 Å². The Bertz CT molecular complexity index is 2290. The summed E-state index contributed by atoms with van der Waals surface area (Å²) in [6.45, 7) is 0.163. The number of H-pyrrole nitrogens is 2. The largest absolute Gasteiger partial charge is 0.481 e. The van der Waals surface area contributed by atoms with Crippen molar-refractivity contribution in [2.75, 3.05) is 6.54 Å². The Morgan fingerprint density at radius 1 is 0.516 bits per heavy atom. The highest BCUT2D eigenvalue weighted by atomic mass is 16.4. The Labute approximate surface area is 352 Å². The Kier molecular flexibility index (Phi) is 17.0. The van der Waals surface area contributed by atoms with E-state index in [1.54, 1.807) is 60.9 Å². The molecule has 0 saturated heterocycles. The van der Waals surface area contributed by atoms with Crippen molar-refractivity contribution in [2.45, 2.75) is 87.6 Å². The second-order valence-corrected chi connectivity index (χ2v) is 14.5. The van der Waals surface area contributed by atoms with Gasteiger partial charge in [-0.25, -0.2) is 4.79 Å². The van der Waals surface area contributed by atoms with Crippen LogP contribution in [-0.4, -0.2) is 127 Å². The van der Waals surface area contributed by atoms with E-state index >= 15 is 0 Å². The van der Waals surface area contributed by atoms with E-state index in [0.717, 1.165) is 0 Å². The molecule has 6 atom stereocenters. The summed E-state index contributed by atoms with van der Waals surface area (Å²) < 4.78 is 0. The second-order valence-electron chi connectivity index (χ2n) is 14.5. The van der Waals surface area contributed by atoms with Gasteiger partial charge in [0.15, 0.2) is 0 Å². The first kappa shape index (κ1) is 47.3. The lowest BCUT2D eigenvalue weighted by molar-refractivity contribution is -0.143. The summed E-state index contributed by atoms with van der Waals surface area (Å²) in [4.78, 5) is 121. The number of para-hydroxylation sites is 2. The fraction of sp³-hybridized carbons (Fsp3) is 0.375. The van der Waals surface area contributed by atoms with Crippen molar-refractivity contribution in [1.29, 1.82) is 0 Å². The zero-order valence-electron chi connectivity index (χ0n) is 33.2. The van der Waals surface area contributed by atoms with Crippen molar-refractivity contribution < 1.29 is 63.6 Å². The molecule has 0 bridgehead atoms. The minimum atomic E-state index is -1.89. The molecule has 4 rings (SSSR count). The number of carbonyl (C=O) groups excluding carboxylic acids is 5. The van der Waals surface area contributed by atoms with Crippen LogP contribution in [0.25, 0.3) is 21.8 Å². The summed E-state index contributed by atoms with van der Waals surface area (Å²) in [6.07, 6.45) is 0.228. The van der Waals surface area contributed by atoms with E-state index in [1.165, 1.54) is 0 Å². The first-order valence-electron chi connectivity index (χ1n) is 19.4. The van der Waals surface area contributed by atoms with E-state index in [-0.39, 0.29) is 32.2 Å². The van der Waals surface area contributed by atoms with Crippen molar-refractivity contribution in [2.24, 2.45) is 11.5 Å². The van der Waals surface area contributed by atoms with Gasteiger partial charge >= 0.3 is 23.9 Å². The maximum Gasteiger partial charge on any atom is 0.326 e. The smallest absolute Gasteiger partial charge is 0.326 e. The van der Waals surface area contributed by atoms with E-state index in [1.807, 2.05) is 0 Å². The molecule has 0 fully saturated rings. The summed E-state index contributed by atoms with van der Waals surface area (Å²) >= 11 is 0. The molecule has 2 aromatic heterocycles. The molecule has 0 saturated carbocycles. The molecule has 4 aromatic rings. The number of carboxylic acid groups (broad SMARTS) is 4. The third-order valence-electron chi connectivity index (χ3n) is 9.78. The Morgan fingerprint density at radius 3 is 1.39 bits per heavy atom. The predicted octanol–water partition coefficient (Wildman–Crippen LogP) is -1.18. The predicted molar refractivity (Wildman–Crippen MR) is 219 cm³/mol. The summed E-state index contributed by atoms with van der Waals surface area (Å²) in [6, 6.07) is 3.96. The number of carbonyl (C=O) groups is 9. The molecule has 5 amide bonds. The molecule has 0 spiro atoms. The topological polar surface area (TPSA) is 378 Å². The lowest BCUT2D eigenvalue weighted by Gasteiger charge is -2.26. The number of carboxylic acids is 4. The van der Waals surface area contributed by atoms with Crippen LogP contribution in [0.15, 0.2) is 60.9 Å². The van der Waals surface area contributed by atoms with Gasteiger partial charge in [0, 0.05) is 47.0 Å². The maximum atomic E-state index is 13.8. The number of fused-ring (bicyclic) bond motifs is 2. The molecule has 0 aliphatic carbocycles. The molecule has 332 valence electrons. The number of unbranched alkanes of at least 4 members (excludes halogenated alkanes) is 1. The van der Waals surface area contributed by atoms with Gasteiger partial charge in [-0.1, -0.05) is 36.4 Å². The van der Waals surface area contributed by atoms with Gasteiger partial charge in [0.25, 0.3) is 0 Å². The van der Waals surface area contributed by atoms with Crippen LogP contribution in [0.3, 0.4) is 0 Å². The molecule has 0 aliphatic heterocycles. The first-order chi connectivity index (χ1) is 29.5. The van der Waals surface area contributed by atoms with Crippen molar-refractivity contribution in [3.8, 4) is 0 Å². The molecule has 2 heterocycles. The maximum absolute atomic E-state index is 13.8. The highest BCUT2D eigenvalue weighted by Crippen LogP contribution is 2.21. The van der Waals surface area contributed by atoms with Crippen LogP contribution in [0.2, 0.25) is 0 Å². The fourth-order valence-electron chi connectivity index (χ4n) is 6.63. The summed E-state index contributed by atoms with van der Waals surface area (Å²) in [5, 5.41) is 51.3. The average Bonchev–Trinajstić information content (AvgIpc) is 3.82. The molecule has 15 N–H and O–H groups in total. The van der Waals surface area contributed by atoms with Crippen LogP contribution < -0.4 is 38.1 Å². The SMILES string of the molecule is NCCCC[C@H](NC(=O)[C@H](CC(=O)O)NC(=O)[C@H](Cc1c[nH]c2ccccc12)NC(=O)[C@@H](N)CC(=O)O)C(=O)N[C@@H](CC(=O)O)C(=O)N[C@@H](Cc1c[nH]c2ccccc12)C(=O)O. The quantitative estimate of drug-likeness (QED) is 0.0349. The number of hydrogen-bond acceptors (Lipinski definition) is 11. The van der Waals surface area contributed by atoms with Gasteiger partial charge in [-0.3, -0.25) is 38.4 Å². The first-order valence-corrected chi connectivity index (χ1v) is 19.4. The van der Waals surface area contributed by atoms with Crippen LogP contribution in [0.4, 0.5) is 0 Å². The van der Waals surface area contributed by atoms with Gasteiger partial charge in [-0.05, 0) is 49.1 Å². The van der Waals surface area contributed by atoms with Crippen LogP contribution in [0.1, 0.15) is 49.7 Å². The van der Waals surface area contributed by atoms with Crippen molar-refractivity contribution >= 4 is 75.2 Å². The standard InChI is InChI=1S/C40H49N9O13/c41-12-6-5-11-27(36(57)47-30(17-34(54)55)39(60)49-31(40(61)62)14-21-19-44-26-10-4-2-8-23(21)26)45-38(59)29(16-33(52)53)48-37(58)28(46-35(56)24(42)15-32(50)51)13-20-18-43-25-9-3-1-7-22(20)25/h1-4,7-10,18-19,24,27-31,43-44H,5-6,11-17,41-42H2,(H,45,59)(H,46,56)(H,47,57)(H,48,58)(H,49,60)(H,50,51)(H,52,53)(H,54,55)(H,61,62)/t24-,27-,28-,29-,30-,31-/m0/s1. The number of aliphatic carboxylic acids is 4. The minimum absolute atomic E-state index is 0.163. The Balaban J connectivity index is 1.54. The zero-order valence-corrected chi connectivity index (χ0v) is 33.2. The highest BCUT2D eigenvalue weighted by Gasteiger charge is 2.35. The molecule has 0 radical (unpaired) electrons. The van der Waals surface area contributed by atoms with Gasteiger partial charge in [0.2, 0.25) is 29.5 Å². The fourth-order valence-corrected chi connectivity index (χ4v) is 6.63.